The molecule has 1 saturated carbocycles. The monoisotopic (exact) mass is 813 g/mol. The summed E-state index contributed by atoms with van der Waals surface area (Å²) in [7, 11) is 4.40. The molecule has 3 aromatic carbocycles. The van der Waals surface area contributed by atoms with Crippen LogP contribution in [-0.4, -0.2) is 60.0 Å². The van der Waals surface area contributed by atoms with Crippen molar-refractivity contribution in [3.05, 3.63) is 116 Å². The van der Waals surface area contributed by atoms with Crippen LogP contribution in [0.3, 0.4) is 0 Å². The number of hydrogen-bond acceptors (Lipinski definition) is 10. The van der Waals surface area contributed by atoms with E-state index in [1.54, 1.807) is 61.7 Å². The Morgan fingerprint density at radius 3 is 2.29 bits per heavy atom. The number of phenols is 1. The number of allylic oxidation sites excluding steroid dienone is 3. The molecule has 4 aromatic rings. The number of nitrogens with one attached hydrogen (secondary N) is 1. The number of ether oxygens (including phenoxy) is 3. The van der Waals surface area contributed by atoms with Crippen molar-refractivity contribution in [1.82, 2.24) is 9.91 Å². The van der Waals surface area contributed by atoms with Crippen molar-refractivity contribution in [3.8, 4) is 23.0 Å². The van der Waals surface area contributed by atoms with E-state index in [2.05, 4.69) is 5.43 Å². The zero-order valence-electron chi connectivity index (χ0n) is 30.5. The van der Waals surface area contributed by atoms with E-state index in [0.717, 1.165) is 15.5 Å². The maximum Gasteiger partial charge on any atom is 0.260 e. The van der Waals surface area contributed by atoms with Crippen molar-refractivity contribution in [2.75, 3.05) is 26.8 Å². The summed E-state index contributed by atoms with van der Waals surface area (Å²) in [5.41, 5.74) is 3.73. The van der Waals surface area contributed by atoms with Gasteiger partial charge in [-0.15, -0.1) is 11.3 Å². The zero-order valence-corrected chi connectivity index (χ0v) is 32.9. The Morgan fingerprint density at radius 1 is 0.911 bits per heavy atom. The van der Waals surface area contributed by atoms with Crippen molar-refractivity contribution >= 4 is 69.9 Å². The Bertz CT molecular complexity index is 2290. The molecular formula is C42H37Cl2N3O8S. The van der Waals surface area contributed by atoms with Crippen molar-refractivity contribution in [2.24, 2.45) is 29.6 Å². The number of phenolic OH excluding ortho intramolecular Hbond substituents is 1. The lowest BCUT2D eigenvalue weighted by Crippen LogP contribution is -2.54. The number of anilines is 1. The molecule has 4 aliphatic rings. The summed E-state index contributed by atoms with van der Waals surface area (Å²) < 4.78 is 16.3. The molecule has 1 aromatic heterocycles. The van der Waals surface area contributed by atoms with Gasteiger partial charge in [-0.1, -0.05) is 65.2 Å². The summed E-state index contributed by atoms with van der Waals surface area (Å²) >= 11 is 14.2. The van der Waals surface area contributed by atoms with Gasteiger partial charge in [0.2, 0.25) is 17.6 Å². The molecule has 2 N–H and O–H groups in total. The SMILES string of the molecule is COc1ccc(C23C(=O)N(Nc4ccc(Cl)cc4Cl)C(=O)C2CC2C(=CCC4C(=O)N(Cc5cccs5)C(=O)C42)C3C=Cc2cc(OC)c(O)c(OC)c2)cc1. The number of halogens is 2. The van der Waals surface area contributed by atoms with Crippen molar-refractivity contribution in [1.29, 1.82) is 0 Å². The summed E-state index contributed by atoms with van der Waals surface area (Å²) in [6.07, 6.45) is 6.08. The smallest absolute Gasteiger partial charge is 0.260 e. The van der Waals surface area contributed by atoms with Gasteiger partial charge in [-0.05, 0) is 83.8 Å². The first-order valence-electron chi connectivity index (χ1n) is 18.0. The summed E-state index contributed by atoms with van der Waals surface area (Å²) in [4.78, 5) is 60.9. The topological polar surface area (TPSA) is 135 Å². The number of likely N-dealkylation sites (tertiary alicyclic amines) is 1. The van der Waals surface area contributed by atoms with Crippen molar-refractivity contribution < 1.29 is 38.5 Å². The molecule has 6 atom stereocenters. The minimum Gasteiger partial charge on any atom is -0.502 e. The van der Waals surface area contributed by atoms with Crippen LogP contribution < -0.4 is 19.6 Å². The third kappa shape index (κ3) is 5.93. The van der Waals surface area contributed by atoms with E-state index in [4.69, 9.17) is 37.4 Å². The molecule has 0 spiro atoms. The number of aromatic hydroxyl groups is 1. The molecule has 2 saturated heterocycles. The Kier molecular flexibility index (Phi) is 9.84. The number of carbonyl (C=O) groups is 4. The van der Waals surface area contributed by atoms with Crippen LogP contribution in [0.4, 0.5) is 5.69 Å². The largest absolute Gasteiger partial charge is 0.502 e. The van der Waals surface area contributed by atoms with Gasteiger partial charge in [0.25, 0.3) is 11.8 Å². The third-order valence-electron chi connectivity index (χ3n) is 11.6. The number of hydrazine groups is 1. The second kappa shape index (κ2) is 14.6. The van der Waals surface area contributed by atoms with Gasteiger partial charge in [-0.2, -0.15) is 5.01 Å². The molecular weight excluding hydrogens is 777 g/mol. The lowest BCUT2D eigenvalue weighted by molar-refractivity contribution is -0.141. The first kappa shape index (κ1) is 37.6. The van der Waals surface area contributed by atoms with Gasteiger partial charge in [0.1, 0.15) is 5.75 Å². The third-order valence-corrected chi connectivity index (χ3v) is 13.0. The minimum atomic E-state index is -1.52. The molecule has 2 aliphatic carbocycles. The minimum absolute atomic E-state index is 0.132. The van der Waals surface area contributed by atoms with E-state index < -0.39 is 46.8 Å². The second-order valence-electron chi connectivity index (χ2n) is 14.2. The fourth-order valence-electron chi connectivity index (χ4n) is 9.09. The maximum atomic E-state index is 15.4. The Labute approximate surface area is 337 Å². The number of thiophene rings is 1. The highest BCUT2D eigenvalue weighted by molar-refractivity contribution is 7.09. The van der Waals surface area contributed by atoms with Crippen LogP contribution in [0.5, 0.6) is 23.0 Å². The Hall–Kier alpha value is -5.30. The number of nitrogens with zero attached hydrogens (tertiary/aromatic N) is 2. The predicted molar refractivity (Wildman–Crippen MR) is 211 cm³/mol. The van der Waals surface area contributed by atoms with E-state index in [1.807, 2.05) is 29.7 Å². The number of amides is 4. The number of rotatable bonds is 10. The van der Waals surface area contributed by atoms with Crippen molar-refractivity contribution in [3.63, 3.8) is 0 Å². The number of carbonyl (C=O) groups excluding carboxylic acids is 4. The standard InChI is InChI=1S/C42H37Cl2N3O8S/c1-53-25-10-7-23(8-11-25)42-30(14-6-22-17-34(54-2)37(48)35(18-22)55-3)27-12-13-28-36(40(51)46(38(28)49)21-26-5-4-16-56-26)29(27)20-31(42)39(50)47(41(42)52)45-33-15-9-24(43)19-32(33)44/h4-12,14-19,28-31,36,45,48H,13,20-21H2,1-3H3. The molecule has 14 heteroatoms. The van der Waals surface area contributed by atoms with Crippen LogP contribution in [-0.2, 0) is 31.1 Å². The van der Waals surface area contributed by atoms with Crippen LogP contribution >= 0.6 is 34.5 Å². The van der Waals surface area contributed by atoms with Gasteiger partial charge in [0.05, 0.1) is 61.8 Å². The first-order valence-corrected chi connectivity index (χ1v) is 19.6. The number of imide groups is 2. The van der Waals surface area contributed by atoms with E-state index in [9.17, 15) is 19.5 Å². The molecule has 2 aliphatic heterocycles. The molecule has 0 bridgehead atoms. The summed E-state index contributed by atoms with van der Waals surface area (Å²) in [5.74, 6) is -4.42. The molecule has 6 unspecified atom stereocenters. The van der Waals surface area contributed by atoms with Gasteiger partial charge in [-0.25, -0.2) is 0 Å². The molecule has 0 radical (unpaired) electrons. The molecule has 3 fully saturated rings. The lowest BCUT2D eigenvalue weighted by Gasteiger charge is -2.49. The molecule has 56 heavy (non-hydrogen) atoms. The quantitative estimate of drug-likeness (QED) is 0.123. The Balaban J connectivity index is 1.31. The highest BCUT2D eigenvalue weighted by Crippen LogP contribution is 2.62. The number of methoxy groups -OCH3 is 3. The normalized spacial score (nSPS) is 25.6. The average Bonchev–Trinajstić information content (AvgIpc) is 3.87. The van der Waals surface area contributed by atoms with Crippen LogP contribution in [0.2, 0.25) is 10.0 Å². The van der Waals surface area contributed by atoms with Gasteiger partial charge in [-0.3, -0.25) is 29.5 Å². The predicted octanol–water partition coefficient (Wildman–Crippen LogP) is 7.52. The molecule has 11 nitrogen and oxygen atoms in total. The molecule has 288 valence electrons. The molecule has 8 rings (SSSR count). The zero-order chi connectivity index (χ0) is 39.5. The first-order chi connectivity index (χ1) is 27.0. The summed E-state index contributed by atoms with van der Waals surface area (Å²) in [6, 6.07) is 18.8. The van der Waals surface area contributed by atoms with E-state index in [-0.39, 0.29) is 47.1 Å². The second-order valence-corrected chi connectivity index (χ2v) is 16.1. The summed E-state index contributed by atoms with van der Waals surface area (Å²) in [5, 5.41) is 14.2. The van der Waals surface area contributed by atoms with Crippen LogP contribution in [0.15, 0.2) is 89.8 Å². The number of benzene rings is 3. The highest BCUT2D eigenvalue weighted by atomic mass is 35.5. The Morgan fingerprint density at radius 2 is 1.64 bits per heavy atom. The average molecular weight is 815 g/mol. The lowest BCUT2D eigenvalue weighted by atomic mass is 9.50. The van der Waals surface area contributed by atoms with E-state index in [0.29, 0.717) is 34.0 Å². The van der Waals surface area contributed by atoms with Crippen LogP contribution in [0.1, 0.15) is 28.8 Å². The fourth-order valence-corrected chi connectivity index (χ4v) is 10.2. The van der Waals surface area contributed by atoms with Gasteiger partial charge < -0.3 is 19.3 Å². The molecule has 4 amide bonds. The van der Waals surface area contributed by atoms with Crippen LogP contribution in [0, 0.1) is 29.6 Å². The van der Waals surface area contributed by atoms with Gasteiger partial charge in [0.15, 0.2) is 11.5 Å². The van der Waals surface area contributed by atoms with E-state index in [1.165, 1.54) is 36.5 Å². The molecule has 3 heterocycles. The van der Waals surface area contributed by atoms with Gasteiger partial charge in [0, 0.05) is 15.8 Å². The number of fused-ring (bicyclic) bond motifs is 4. The summed E-state index contributed by atoms with van der Waals surface area (Å²) in [6.45, 7) is 0.175. The van der Waals surface area contributed by atoms with E-state index >= 15 is 4.79 Å². The van der Waals surface area contributed by atoms with Crippen molar-refractivity contribution in [2.45, 2.75) is 24.8 Å². The van der Waals surface area contributed by atoms with Crippen LogP contribution in [0.25, 0.3) is 6.08 Å². The maximum absolute atomic E-state index is 15.4. The number of hydrogen-bond donors (Lipinski definition) is 2. The highest BCUT2D eigenvalue weighted by Gasteiger charge is 2.69. The van der Waals surface area contributed by atoms with Gasteiger partial charge >= 0.3 is 0 Å². The fraction of sp³-hybridized carbons (Fsp3) is 0.286.